The van der Waals surface area contributed by atoms with Crippen molar-refractivity contribution in [3.05, 3.63) is 0 Å². The molecule has 0 fully saturated rings. The molecule has 1 radical (unpaired) electrons. The molecule has 0 N–H and O–H groups in total. The first-order chi connectivity index (χ1) is 1.73. The van der Waals surface area contributed by atoms with Gasteiger partial charge in [-0.25, -0.2) is 0 Å². The maximum atomic E-state index is 2.00. The molecule has 3 heteroatoms. The van der Waals surface area contributed by atoms with Crippen LogP contribution >= 0.6 is 0 Å². The molecule has 1 nitrogen and oxygen atoms in total. The molecule has 0 amide bonds. The summed E-state index contributed by atoms with van der Waals surface area (Å²) in [4.78, 5) is 2.00. The topological polar surface area (TPSA) is 3.24 Å². The maximum Gasteiger partial charge on any atom is 0 e. The van der Waals surface area contributed by atoms with Gasteiger partial charge >= 0.3 is 0 Å². The third kappa shape index (κ3) is 31.9. The molecule has 0 aromatic rings. The summed E-state index contributed by atoms with van der Waals surface area (Å²) in [6, 6.07) is 0. The van der Waals surface area contributed by atoms with E-state index in [0.29, 0.717) is 0 Å². The van der Waals surface area contributed by atoms with Gasteiger partial charge in [-0.05, 0) is 21.1 Å². The monoisotopic (exact) mass is 328 g/mol. The Labute approximate surface area is 103 Å². The average Bonchev–Trinajstić information content (AvgIpc) is 0.811. The van der Waals surface area contributed by atoms with Crippen LogP contribution in [0.1, 0.15) is 0 Å². The van der Waals surface area contributed by atoms with E-state index in [1.54, 1.807) is 0 Å². The molecule has 0 spiro atoms. The minimum absolute atomic E-state index is 0. The largest absolute Gasteiger partial charge is 0.312 e. The predicted octanol–water partition coefficient (Wildman–Crippen LogP) is -0.206. The summed E-state index contributed by atoms with van der Waals surface area (Å²) in [7, 11) is 6.00. The van der Waals surface area contributed by atoms with Gasteiger partial charge in [-0.2, -0.15) is 0 Å². The van der Waals surface area contributed by atoms with E-state index in [9.17, 15) is 0 Å². The standard InChI is InChI=1S/C3H9N.Rb.W/c1-4(2)3;;/h1-3H3;;. The molecule has 0 unspecified atom stereocenters. The minimum Gasteiger partial charge on any atom is -0.312 e. The average molecular weight is 328 g/mol. The molecule has 0 atom stereocenters. The Morgan fingerprint density at radius 1 is 1.00 bits per heavy atom. The number of nitrogens with zero attached hydrogens (tertiary/aromatic N) is 1. The molecule has 6 heavy (non-hydrogen) atoms. The van der Waals surface area contributed by atoms with Crippen molar-refractivity contribution in [3.63, 3.8) is 0 Å². The number of rotatable bonds is 0. The van der Waals surface area contributed by atoms with Crippen LogP contribution in [0.3, 0.4) is 0 Å². The first kappa shape index (κ1) is 15.8. The Morgan fingerprint density at radius 3 is 1.00 bits per heavy atom. The predicted molar refractivity (Wildman–Crippen MR) is 25.4 cm³/mol. The summed E-state index contributed by atoms with van der Waals surface area (Å²) in [5, 5.41) is 0. The van der Waals surface area contributed by atoms with Crippen molar-refractivity contribution in [2.24, 2.45) is 0 Å². The van der Waals surface area contributed by atoms with Crippen molar-refractivity contribution < 1.29 is 21.1 Å². The van der Waals surface area contributed by atoms with E-state index < -0.39 is 0 Å². The normalized spacial score (nSPS) is 6.00. The van der Waals surface area contributed by atoms with E-state index in [1.807, 2.05) is 26.0 Å². The van der Waals surface area contributed by atoms with Gasteiger partial charge in [0, 0.05) is 79.3 Å². The molecule has 0 heterocycles. The summed E-state index contributed by atoms with van der Waals surface area (Å²) in [5.41, 5.74) is 0. The van der Waals surface area contributed by atoms with E-state index in [-0.39, 0.29) is 79.3 Å². The molecule has 0 saturated carbocycles. The van der Waals surface area contributed by atoms with Gasteiger partial charge in [0.05, 0.1) is 0 Å². The van der Waals surface area contributed by atoms with Gasteiger partial charge in [0.15, 0.2) is 0 Å². The molecule has 0 aromatic heterocycles. The molecular weight excluding hydrogens is 319 g/mol. The molecule has 0 aliphatic carbocycles. The summed E-state index contributed by atoms with van der Waals surface area (Å²) in [6.07, 6.45) is 0. The molecule has 0 aliphatic rings. The van der Waals surface area contributed by atoms with E-state index in [2.05, 4.69) is 0 Å². The third-order valence-electron chi connectivity index (χ3n) is 0. The minimum atomic E-state index is 0. The zero-order valence-corrected chi connectivity index (χ0v) is 12.7. The fourth-order valence-corrected chi connectivity index (χ4v) is 0. The van der Waals surface area contributed by atoms with Crippen LogP contribution in [0.2, 0.25) is 0 Å². The van der Waals surface area contributed by atoms with E-state index in [0.717, 1.165) is 0 Å². The molecule has 0 aliphatic heterocycles. The molecule has 0 bridgehead atoms. The van der Waals surface area contributed by atoms with Crippen molar-refractivity contribution in [1.82, 2.24) is 4.90 Å². The van der Waals surface area contributed by atoms with Crippen LogP contribution in [-0.4, -0.2) is 84.2 Å². The smallest absolute Gasteiger partial charge is 0 e. The van der Waals surface area contributed by atoms with Crippen molar-refractivity contribution in [2.75, 3.05) is 21.1 Å². The Bertz CT molecular complexity index is 15.5. The van der Waals surface area contributed by atoms with Gasteiger partial charge in [-0.3, -0.25) is 0 Å². The van der Waals surface area contributed by atoms with E-state index in [4.69, 9.17) is 0 Å². The first-order valence-electron chi connectivity index (χ1n) is 1.34. The fourth-order valence-electron chi connectivity index (χ4n) is 0. The van der Waals surface area contributed by atoms with Crippen LogP contribution in [0, 0.1) is 0 Å². The second kappa shape index (κ2) is 10.4. The van der Waals surface area contributed by atoms with Crippen LogP contribution in [0.5, 0.6) is 0 Å². The second-order valence-corrected chi connectivity index (χ2v) is 1.34. The first-order valence-corrected chi connectivity index (χ1v) is 1.34. The summed E-state index contributed by atoms with van der Waals surface area (Å²) in [6.45, 7) is 0. The van der Waals surface area contributed by atoms with Gasteiger partial charge < -0.3 is 4.90 Å². The summed E-state index contributed by atoms with van der Waals surface area (Å²) >= 11 is 0. The molecule has 0 rings (SSSR count). The van der Waals surface area contributed by atoms with Gasteiger partial charge in [-0.1, -0.05) is 0 Å². The Kier molecular flexibility index (Phi) is 27.5. The summed E-state index contributed by atoms with van der Waals surface area (Å²) in [5.74, 6) is 0. The van der Waals surface area contributed by atoms with Gasteiger partial charge in [-0.15, -0.1) is 0 Å². The van der Waals surface area contributed by atoms with Crippen LogP contribution in [0.15, 0.2) is 0 Å². The van der Waals surface area contributed by atoms with Crippen molar-refractivity contribution in [2.45, 2.75) is 0 Å². The van der Waals surface area contributed by atoms with Crippen molar-refractivity contribution in [1.29, 1.82) is 0 Å². The van der Waals surface area contributed by atoms with E-state index >= 15 is 0 Å². The summed E-state index contributed by atoms with van der Waals surface area (Å²) < 4.78 is 0. The fraction of sp³-hybridized carbons (Fsp3) is 1.00. The zero-order valence-electron chi connectivity index (χ0n) is 4.86. The van der Waals surface area contributed by atoms with Crippen LogP contribution in [0.4, 0.5) is 0 Å². The Morgan fingerprint density at radius 2 is 1.00 bits per heavy atom. The molecule has 33 valence electrons. The number of hydrogen-bond acceptors (Lipinski definition) is 1. The SMILES string of the molecule is CN(C)C.[Rb].[W]. The Hall–Kier alpha value is 2.45. The molecule has 0 aromatic carbocycles. The number of hydrogen-bond donors (Lipinski definition) is 0. The van der Waals surface area contributed by atoms with Crippen LogP contribution in [-0.2, 0) is 21.1 Å². The van der Waals surface area contributed by atoms with Gasteiger partial charge in [0.25, 0.3) is 0 Å². The Balaban J connectivity index is -0.0000000450. The van der Waals surface area contributed by atoms with Crippen molar-refractivity contribution >= 4 is 58.2 Å². The quantitative estimate of drug-likeness (QED) is 0.595. The van der Waals surface area contributed by atoms with E-state index in [1.165, 1.54) is 0 Å². The zero-order chi connectivity index (χ0) is 3.58. The van der Waals surface area contributed by atoms with Crippen molar-refractivity contribution in [3.8, 4) is 0 Å². The van der Waals surface area contributed by atoms with Gasteiger partial charge in [0.2, 0.25) is 0 Å². The third-order valence-corrected chi connectivity index (χ3v) is 0. The van der Waals surface area contributed by atoms with Crippen LogP contribution < -0.4 is 0 Å². The maximum absolute atomic E-state index is 2.00. The molecular formula is C3H9NRbW. The van der Waals surface area contributed by atoms with Crippen LogP contribution in [0.25, 0.3) is 0 Å². The van der Waals surface area contributed by atoms with Gasteiger partial charge in [0.1, 0.15) is 0 Å². The molecule has 0 saturated heterocycles. The second-order valence-electron chi connectivity index (χ2n) is 1.34.